The predicted octanol–water partition coefficient (Wildman–Crippen LogP) is 2.23. The van der Waals surface area contributed by atoms with Crippen molar-refractivity contribution >= 4 is 29.0 Å². The maximum absolute atomic E-state index is 12.1. The summed E-state index contributed by atoms with van der Waals surface area (Å²) < 4.78 is 0. The Hall–Kier alpha value is -2.41. The monoisotopic (exact) mass is 305 g/mol. The highest BCUT2D eigenvalue weighted by Gasteiger charge is 2.17. The van der Waals surface area contributed by atoms with Gasteiger partial charge in [0.25, 0.3) is 0 Å². The van der Waals surface area contributed by atoms with Gasteiger partial charge in [-0.25, -0.2) is 14.6 Å². The standard InChI is InChI=1S/C14H15N3O3S/c1-17(12-5-3-2-4-11(12)13(18)19)14(20)15-7-6-10-8-21-9-16-10/h2-5,8-9H,6-7H2,1H3,(H,15,20)(H,18,19). The number of nitrogens with one attached hydrogen (secondary N) is 1. The number of nitrogens with zero attached hydrogens (tertiary/aromatic N) is 2. The molecule has 0 aliphatic rings. The zero-order valence-electron chi connectivity index (χ0n) is 11.4. The number of hydrogen-bond acceptors (Lipinski definition) is 4. The molecule has 2 rings (SSSR count). The van der Waals surface area contributed by atoms with Gasteiger partial charge in [-0.2, -0.15) is 0 Å². The summed E-state index contributed by atoms with van der Waals surface area (Å²) in [6.07, 6.45) is 0.643. The second kappa shape index (κ2) is 6.85. The van der Waals surface area contributed by atoms with E-state index in [-0.39, 0.29) is 11.6 Å². The number of anilines is 1. The summed E-state index contributed by atoms with van der Waals surface area (Å²) in [4.78, 5) is 28.6. The molecule has 2 amide bonds. The van der Waals surface area contributed by atoms with Crippen molar-refractivity contribution in [1.29, 1.82) is 0 Å². The average molecular weight is 305 g/mol. The van der Waals surface area contributed by atoms with Gasteiger partial charge in [0, 0.05) is 25.4 Å². The van der Waals surface area contributed by atoms with Crippen LogP contribution in [0.1, 0.15) is 16.1 Å². The second-order valence-corrected chi connectivity index (χ2v) is 5.06. The molecule has 7 heteroatoms. The number of carboxylic acid groups (broad SMARTS) is 1. The lowest BCUT2D eigenvalue weighted by atomic mass is 10.1. The number of hydrogen-bond donors (Lipinski definition) is 2. The molecule has 2 N–H and O–H groups in total. The number of carbonyl (C=O) groups is 2. The van der Waals surface area contributed by atoms with Crippen LogP contribution in [0.15, 0.2) is 35.2 Å². The topological polar surface area (TPSA) is 82.5 Å². The normalized spacial score (nSPS) is 10.1. The molecule has 1 aromatic carbocycles. The molecule has 0 saturated heterocycles. The third-order valence-corrected chi connectivity index (χ3v) is 3.58. The first-order chi connectivity index (χ1) is 10.1. The molecule has 0 bridgehead atoms. The molecule has 0 spiro atoms. The van der Waals surface area contributed by atoms with Gasteiger partial charge in [-0.1, -0.05) is 12.1 Å². The fraction of sp³-hybridized carbons (Fsp3) is 0.214. The minimum atomic E-state index is -1.06. The molecule has 0 atom stereocenters. The van der Waals surface area contributed by atoms with E-state index in [0.29, 0.717) is 18.7 Å². The lowest BCUT2D eigenvalue weighted by Crippen LogP contribution is -2.39. The van der Waals surface area contributed by atoms with Crippen LogP contribution in [0.2, 0.25) is 0 Å². The molecule has 0 aliphatic carbocycles. The van der Waals surface area contributed by atoms with Crippen LogP contribution >= 0.6 is 11.3 Å². The predicted molar refractivity (Wildman–Crippen MR) is 81.0 cm³/mol. The molecular formula is C14H15N3O3S. The minimum absolute atomic E-state index is 0.0923. The maximum Gasteiger partial charge on any atom is 0.337 e. The Balaban J connectivity index is 1.97. The quantitative estimate of drug-likeness (QED) is 0.887. The smallest absolute Gasteiger partial charge is 0.337 e. The van der Waals surface area contributed by atoms with Crippen molar-refractivity contribution in [2.24, 2.45) is 0 Å². The summed E-state index contributed by atoms with van der Waals surface area (Å²) >= 11 is 1.51. The Morgan fingerprint density at radius 2 is 2.14 bits per heavy atom. The largest absolute Gasteiger partial charge is 0.478 e. The van der Waals surface area contributed by atoms with Gasteiger partial charge < -0.3 is 10.4 Å². The molecule has 0 radical (unpaired) electrons. The van der Waals surface area contributed by atoms with Crippen molar-refractivity contribution in [3.05, 3.63) is 46.4 Å². The first kappa shape index (κ1) is 15.0. The van der Waals surface area contributed by atoms with Gasteiger partial charge in [0.2, 0.25) is 0 Å². The number of aromatic carboxylic acids is 1. The fourth-order valence-corrected chi connectivity index (χ4v) is 2.43. The summed E-state index contributed by atoms with van der Waals surface area (Å²) in [7, 11) is 1.54. The second-order valence-electron chi connectivity index (χ2n) is 4.34. The molecular weight excluding hydrogens is 290 g/mol. The lowest BCUT2D eigenvalue weighted by molar-refractivity contribution is 0.0697. The van der Waals surface area contributed by atoms with E-state index in [2.05, 4.69) is 10.3 Å². The lowest BCUT2D eigenvalue weighted by Gasteiger charge is -2.19. The Morgan fingerprint density at radius 3 is 2.81 bits per heavy atom. The number of carbonyl (C=O) groups excluding carboxylic acids is 1. The van der Waals surface area contributed by atoms with E-state index in [9.17, 15) is 9.59 Å². The zero-order chi connectivity index (χ0) is 15.2. The number of aromatic nitrogens is 1. The molecule has 2 aromatic rings. The number of amides is 2. The van der Waals surface area contributed by atoms with Crippen molar-refractivity contribution in [1.82, 2.24) is 10.3 Å². The van der Waals surface area contributed by atoms with Gasteiger partial charge in [0.1, 0.15) is 0 Å². The number of para-hydroxylation sites is 1. The number of benzene rings is 1. The molecule has 21 heavy (non-hydrogen) atoms. The molecule has 6 nitrogen and oxygen atoms in total. The highest BCUT2D eigenvalue weighted by Crippen LogP contribution is 2.19. The van der Waals surface area contributed by atoms with Gasteiger partial charge in [0.15, 0.2) is 0 Å². The highest BCUT2D eigenvalue weighted by molar-refractivity contribution is 7.07. The Bertz CT molecular complexity index is 628. The summed E-state index contributed by atoms with van der Waals surface area (Å²) in [5, 5.41) is 13.8. The van der Waals surface area contributed by atoms with Crippen LogP contribution in [-0.4, -0.2) is 35.7 Å². The fourth-order valence-electron chi connectivity index (χ4n) is 1.83. The van der Waals surface area contributed by atoms with Crippen molar-refractivity contribution in [2.75, 3.05) is 18.5 Å². The van der Waals surface area contributed by atoms with E-state index >= 15 is 0 Å². The zero-order valence-corrected chi connectivity index (χ0v) is 12.3. The van der Waals surface area contributed by atoms with Gasteiger partial charge >= 0.3 is 12.0 Å². The summed E-state index contributed by atoms with van der Waals surface area (Å²) in [5.74, 6) is -1.06. The SMILES string of the molecule is CN(C(=O)NCCc1cscn1)c1ccccc1C(=O)O. The summed E-state index contributed by atoms with van der Waals surface area (Å²) in [6, 6.07) is 6.04. The molecule has 1 aromatic heterocycles. The minimum Gasteiger partial charge on any atom is -0.478 e. The summed E-state index contributed by atoms with van der Waals surface area (Å²) in [6.45, 7) is 0.447. The first-order valence-electron chi connectivity index (χ1n) is 6.30. The Labute approximate surface area is 126 Å². The van der Waals surface area contributed by atoms with Crippen LogP contribution < -0.4 is 10.2 Å². The summed E-state index contributed by atoms with van der Waals surface area (Å²) in [5.41, 5.74) is 3.12. The Morgan fingerprint density at radius 1 is 1.38 bits per heavy atom. The molecule has 0 saturated carbocycles. The van der Waals surface area contributed by atoms with Crippen molar-refractivity contribution in [2.45, 2.75) is 6.42 Å². The first-order valence-corrected chi connectivity index (χ1v) is 7.25. The van der Waals surface area contributed by atoms with E-state index in [1.807, 2.05) is 5.38 Å². The van der Waals surface area contributed by atoms with Crippen LogP contribution in [0.3, 0.4) is 0 Å². The average Bonchev–Trinajstić information content (AvgIpc) is 2.99. The van der Waals surface area contributed by atoms with Crippen LogP contribution in [-0.2, 0) is 6.42 Å². The maximum atomic E-state index is 12.1. The molecule has 0 aliphatic heterocycles. The number of carboxylic acids is 1. The third kappa shape index (κ3) is 3.79. The third-order valence-electron chi connectivity index (χ3n) is 2.94. The van der Waals surface area contributed by atoms with E-state index in [1.54, 1.807) is 30.8 Å². The number of urea groups is 1. The van der Waals surface area contributed by atoms with Crippen LogP contribution in [0.4, 0.5) is 10.5 Å². The molecule has 0 fully saturated rings. The number of thiazole rings is 1. The van der Waals surface area contributed by atoms with Crippen LogP contribution in [0, 0.1) is 0 Å². The van der Waals surface area contributed by atoms with Gasteiger partial charge in [-0.05, 0) is 12.1 Å². The van der Waals surface area contributed by atoms with E-state index in [4.69, 9.17) is 5.11 Å². The molecule has 110 valence electrons. The van der Waals surface area contributed by atoms with Crippen molar-refractivity contribution in [3.63, 3.8) is 0 Å². The van der Waals surface area contributed by atoms with E-state index in [0.717, 1.165) is 5.69 Å². The molecule has 1 heterocycles. The molecule has 0 unspecified atom stereocenters. The van der Waals surface area contributed by atoms with Crippen molar-refractivity contribution < 1.29 is 14.7 Å². The van der Waals surface area contributed by atoms with Crippen LogP contribution in [0.5, 0.6) is 0 Å². The van der Waals surface area contributed by atoms with Gasteiger partial charge in [-0.3, -0.25) is 4.90 Å². The highest BCUT2D eigenvalue weighted by atomic mass is 32.1. The van der Waals surface area contributed by atoms with Gasteiger partial charge in [-0.15, -0.1) is 11.3 Å². The van der Waals surface area contributed by atoms with Crippen molar-refractivity contribution in [3.8, 4) is 0 Å². The number of rotatable bonds is 5. The van der Waals surface area contributed by atoms with Gasteiger partial charge in [0.05, 0.1) is 22.5 Å². The Kier molecular flexibility index (Phi) is 4.89. The van der Waals surface area contributed by atoms with E-state index < -0.39 is 5.97 Å². The van der Waals surface area contributed by atoms with Crippen LogP contribution in [0.25, 0.3) is 0 Å². The van der Waals surface area contributed by atoms with E-state index in [1.165, 1.54) is 22.3 Å².